The number of hydrogen-bond donors (Lipinski definition) is 0. The van der Waals surface area contributed by atoms with Crippen LogP contribution in [0.25, 0.3) is 0 Å². The zero-order valence-electron chi connectivity index (χ0n) is 6.39. The molecule has 9 heavy (non-hydrogen) atoms. The van der Waals surface area contributed by atoms with Crippen molar-refractivity contribution in [3.8, 4) is 0 Å². The standard InChI is InChI=1S/C7H8.CH3.Li/c1-7-5-3-2-4-6-7;;/h2-6H,1H3;1H3;. The van der Waals surface area contributed by atoms with Gasteiger partial charge in [-0.15, -0.1) is 0 Å². The number of hydrogen-bond acceptors (Lipinski definition) is 0. The van der Waals surface area contributed by atoms with Gasteiger partial charge in [-0.3, -0.25) is 0 Å². The van der Waals surface area contributed by atoms with Gasteiger partial charge in [-0.25, -0.2) is 0 Å². The van der Waals surface area contributed by atoms with Crippen molar-refractivity contribution in [3.05, 3.63) is 35.9 Å². The molecule has 0 bridgehead atoms. The molecule has 0 unspecified atom stereocenters. The zero-order valence-corrected chi connectivity index (χ0v) is 6.39. The average Bonchev–Trinajstić information content (AvgIpc) is 1.94. The molecule has 0 heterocycles. The summed E-state index contributed by atoms with van der Waals surface area (Å²) in [5.41, 5.74) is 3.32. The fraction of sp³-hybridized carbons (Fsp3) is 0.250. The third-order valence-corrected chi connectivity index (χ3v) is 0.940. The molecule has 0 saturated heterocycles. The first-order valence-electron chi connectivity index (χ1n) is 3.41. The molecule has 1 aromatic carbocycles. The van der Waals surface area contributed by atoms with Gasteiger partial charge in [0.1, 0.15) is 0 Å². The summed E-state index contributed by atoms with van der Waals surface area (Å²) < 4.78 is 0. The first-order chi connectivity index (χ1) is 4.39. The van der Waals surface area contributed by atoms with Crippen LogP contribution in [0.1, 0.15) is 5.56 Å². The molecule has 0 aliphatic heterocycles. The Morgan fingerprint density at radius 3 is 1.67 bits per heavy atom. The fourth-order valence-corrected chi connectivity index (χ4v) is 0.534. The maximum atomic E-state index is 2.08. The number of rotatable bonds is 0. The van der Waals surface area contributed by atoms with Crippen LogP contribution in [0.4, 0.5) is 0 Å². The Morgan fingerprint density at radius 2 is 1.44 bits per heavy atom. The molecule has 0 aliphatic carbocycles. The second-order valence-electron chi connectivity index (χ2n) is 1.65. The van der Waals surface area contributed by atoms with Crippen LogP contribution in [0, 0.1) is 6.92 Å². The van der Waals surface area contributed by atoms with Crippen molar-refractivity contribution in [2.75, 3.05) is 0 Å². The molecule has 0 nitrogen and oxygen atoms in total. The third kappa shape index (κ3) is 4.33. The van der Waals surface area contributed by atoms with Crippen LogP contribution in [0.5, 0.6) is 0 Å². The Kier molecular flexibility index (Phi) is 5.82. The van der Waals surface area contributed by atoms with Crippen molar-refractivity contribution in [1.82, 2.24) is 0 Å². The van der Waals surface area contributed by atoms with Gasteiger partial charge >= 0.3 is 23.3 Å². The first-order valence-corrected chi connectivity index (χ1v) is 3.41. The molecule has 0 saturated carbocycles. The van der Waals surface area contributed by atoms with Gasteiger partial charge in [-0.1, -0.05) is 35.9 Å². The van der Waals surface area contributed by atoms with Crippen molar-refractivity contribution in [1.29, 1.82) is 0 Å². The molecule has 1 heteroatoms. The molecule has 0 amide bonds. The van der Waals surface area contributed by atoms with Crippen LogP contribution >= 0.6 is 0 Å². The van der Waals surface area contributed by atoms with Crippen LogP contribution in [-0.2, 0) is 0 Å². The van der Waals surface area contributed by atoms with E-state index in [9.17, 15) is 0 Å². The summed E-state index contributed by atoms with van der Waals surface area (Å²) in [6.45, 7) is 2.08. The molecule has 0 N–H and O–H groups in total. The van der Waals surface area contributed by atoms with Gasteiger partial charge in [0, 0.05) is 0 Å². The Labute approximate surface area is 66.5 Å². The molecule has 1 rings (SSSR count). The quantitative estimate of drug-likeness (QED) is 0.453. The third-order valence-electron chi connectivity index (χ3n) is 0.940. The van der Waals surface area contributed by atoms with E-state index in [2.05, 4.69) is 19.1 Å². The van der Waals surface area contributed by atoms with Gasteiger partial charge in [0.15, 0.2) is 0 Å². The van der Waals surface area contributed by atoms with Crippen LogP contribution in [0.15, 0.2) is 30.3 Å². The van der Waals surface area contributed by atoms with Gasteiger partial charge in [0.2, 0.25) is 0 Å². The van der Waals surface area contributed by atoms with Crippen LogP contribution in [0.3, 0.4) is 0 Å². The second kappa shape index (κ2) is 5.95. The summed E-state index contributed by atoms with van der Waals surface area (Å²) in [5.74, 6) is 0. The predicted octanol–water partition coefficient (Wildman–Crippen LogP) is 2.20. The van der Waals surface area contributed by atoms with E-state index in [1.807, 2.05) is 41.5 Å². The molecule has 0 atom stereocenters. The van der Waals surface area contributed by atoms with Crippen molar-refractivity contribution in [2.24, 2.45) is 0 Å². The molecule has 0 spiro atoms. The van der Waals surface area contributed by atoms with E-state index in [1.54, 1.807) is 0 Å². The summed E-state index contributed by atoms with van der Waals surface area (Å²) >= 11 is 2.00. The summed E-state index contributed by atoms with van der Waals surface area (Å²) in [4.78, 5) is 0. The Balaban J connectivity index is 0.000000291. The minimum absolute atomic E-state index is 1.32. The summed E-state index contributed by atoms with van der Waals surface area (Å²) in [6, 6.07) is 10.3. The molecule has 0 fully saturated rings. The zero-order chi connectivity index (χ0) is 7.11. The summed E-state index contributed by atoms with van der Waals surface area (Å²) in [6.07, 6.45) is 0. The second-order valence-corrected chi connectivity index (χ2v) is 1.65. The van der Waals surface area contributed by atoms with Crippen LogP contribution in [0.2, 0.25) is 5.60 Å². The van der Waals surface area contributed by atoms with Crippen LogP contribution in [-0.4, -0.2) is 17.7 Å². The van der Waals surface area contributed by atoms with E-state index in [0.717, 1.165) is 0 Å². The van der Waals surface area contributed by atoms with Crippen molar-refractivity contribution in [2.45, 2.75) is 12.5 Å². The first kappa shape index (κ1) is 8.82. The number of aryl methyl sites for hydroxylation is 1. The molecule has 0 aliphatic rings. The topological polar surface area (TPSA) is 0 Å². The molecule has 1 aromatic rings. The minimum atomic E-state index is 1.32. The Hall–Kier alpha value is -0.183. The fourth-order valence-electron chi connectivity index (χ4n) is 0.534. The van der Waals surface area contributed by atoms with Gasteiger partial charge in [0.25, 0.3) is 0 Å². The number of benzene rings is 1. The molecular weight excluding hydrogens is 103 g/mol. The van der Waals surface area contributed by atoms with E-state index < -0.39 is 0 Å². The van der Waals surface area contributed by atoms with Crippen molar-refractivity contribution >= 4 is 17.7 Å². The van der Waals surface area contributed by atoms with Gasteiger partial charge < -0.3 is 0 Å². The van der Waals surface area contributed by atoms with Crippen LogP contribution < -0.4 is 0 Å². The van der Waals surface area contributed by atoms with E-state index in [1.165, 1.54) is 5.56 Å². The Bertz CT molecular complexity index is 134. The van der Waals surface area contributed by atoms with Crippen molar-refractivity contribution in [3.63, 3.8) is 0 Å². The molecule has 44 valence electrons. The normalized spacial score (nSPS) is 7.56. The maximum absolute atomic E-state index is 2.08. The van der Waals surface area contributed by atoms with Gasteiger partial charge in [-0.05, 0) is 6.92 Å². The average molecular weight is 114 g/mol. The van der Waals surface area contributed by atoms with E-state index in [0.29, 0.717) is 0 Å². The predicted molar refractivity (Wildman–Crippen MR) is 42.8 cm³/mol. The van der Waals surface area contributed by atoms with Gasteiger partial charge in [-0.2, -0.15) is 0 Å². The van der Waals surface area contributed by atoms with E-state index in [4.69, 9.17) is 0 Å². The van der Waals surface area contributed by atoms with Gasteiger partial charge in [0.05, 0.1) is 0 Å². The summed E-state index contributed by atoms with van der Waals surface area (Å²) in [5, 5.41) is 0. The SMILES string of the molecule is Cc1ccccc1.[Li][CH3]. The van der Waals surface area contributed by atoms with E-state index in [-0.39, 0.29) is 0 Å². The van der Waals surface area contributed by atoms with Crippen molar-refractivity contribution < 1.29 is 0 Å². The summed E-state index contributed by atoms with van der Waals surface area (Å²) in [7, 11) is 0. The van der Waals surface area contributed by atoms with E-state index >= 15 is 0 Å². The molecular formula is C8H11Li. The Morgan fingerprint density at radius 1 is 1.00 bits per heavy atom. The monoisotopic (exact) mass is 114 g/mol. The molecule has 0 radical (unpaired) electrons. The molecule has 0 aromatic heterocycles.